The van der Waals surface area contributed by atoms with Crippen LogP contribution in [0.15, 0.2) is 12.7 Å². The van der Waals surface area contributed by atoms with Gasteiger partial charge in [-0.05, 0) is 24.8 Å². The molecular weight excluding hydrogens is 338 g/mol. The topological polar surface area (TPSA) is 108 Å². The number of hydrogen-bond donors (Lipinski definition) is 1. The quantitative estimate of drug-likeness (QED) is 0.289. The van der Waals surface area contributed by atoms with E-state index in [2.05, 4.69) is 11.9 Å². The average Bonchev–Trinajstić information content (AvgIpc) is 3.03. The van der Waals surface area contributed by atoms with E-state index < -0.39 is 33.3 Å². The zero-order valence-corrected chi connectivity index (χ0v) is 14.2. The molecule has 134 valence electrons. The molecule has 3 rings (SSSR count). The van der Waals surface area contributed by atoms with Crippen LogP contribution in [0, 0.1) is 11.3 Å². The molecule has 0 aromatic rings. The Morgan fingerprint density at radius 2 is 2.17 bits per heavy atom. The Balaban J connectivity index is 1.44. The van der Waals surface area contributed by atoms with Gasteiger partial charge in [0, 0.05) is 5.41 Å². The molecule has 2 aliphatic carbocycles. The molecule has 3 fully saturated rings. The molecule has 1 amide bonds. The standard InChI is InChI=1S/C15H21NO7S/c1-3-11(17)16-8-12(18)21-4-5-22-13-9-6-10-15(2,7-9)14(13)23-24(10,19)20/h3,9-10,13-14H,1,4-8H2,2H3,(H,16,17). The van der Waals surface area contributed by atoms with Crippen molar-refractivity contribution in [2.24, 2.45) is 11.3 Å². The summed E-state index contributed by atoms with van der Waals surface area (Å²) in [6, 6.07) is 0. The molecule has 2 saturated carbocycles. The van der Waals surface area contributed by atoms with Gasteiger partial charge in [0.05, 0.1) is 18.0 Å². The molecule has 1 aliphatic heterocycles. The maximum absolute atomic E-state index is 12.0. The first-order valence-electron chi connectivity index (χ1n) is 7.87. The molecule has 5 unspecified atom stereocenters. The molecule has 2 bridgehead atoms. The highest BCUT2D eigenvalue weighted by Gasteiger charge is 2.71. The van der Waals surface area contributed by atoms with Gasteiger partial charge in [0.2, 0.25) is 5.91 Å². The van der Waals surface area contributed by atoms with Crippen molar-refractivity contribution in [1.82, 2.24) is 5.32 Å². The van der Waals surface area contributed by atoms with Crippen molar-refractivity contribution in [2.75, 3.05) is 19.8 Å². The number of carbonyl (C=O) groups excluding carboxylic acids is 2. The van der Waals surface area contributed by atoms with E-state index in [1.807, 2.05) is 6.92 Å². The largest absolute Gasteiger partial charge is 0.462 e. The van der Waals surface area contributed by atoms with Crippen LogP contribution in [-0.2, 0) is 33.4 Å². The summed E-state index contributed by atoms with van der Waals surface area (Å²) in [5, 5.41) is 1.89. The normalized spacial score (nSPS) is 38.0. The zero-order chi connectivity index (χ0) is 17.5. The van der Waals surface area contributed by atoms with E-state index in [4.69, 9.17) is 13.7 Å². The van der Waals surface area contributed by atoms with E-state index in [0.717, 1.165) is 12.5 Å². The Labute approximate surface area is 140 Å². The summed E-state index contributed by atoms with van der Waals surface area (Å²) in [5.41, 5.74) is -0.375. The zero-order valence-electron chi connectivity index (χ0n) is 13.4. The third-order valence-corrected chi connectivity index (χ3v) is 7.11. The molecule has 5 atom stereocenters. The monoisotopic (exact) mass is 359 g/mol. The summed E-state index contributed by atoms with van der Waals surface area (Å²) in [5.74, 6) is -0.870. The van der Waals surface area contributed by atoms with Crippen molar-refractivity contribution in [1.29, 1.82) is 0 Å². The summed E-state index contributed by atoms with van der Waals surface area (Å²) < 4.78 is 40.0. The minimum absolute atomic E-state index is 0.0334. The van der Waals surface area contributed by atoms with Crippen LogP contribution in [0.1, 0.15) is 19.8 Å². The number of amides is 1. The van der Waals surface area contributed by atoms with Crippen molar-refractivity contribution in [3.8, 4) is 0 Å². The molecule has 0 aromatic heterocycles. The number of carbonyl (C=O) groups is 2. The number of fused-ring (bicyclic) bond motifs is 1. The lowest BCUT2D eigenvalue weighted by atomic mass is 9.82. The van der Waals surface area contributed by atoms with E-state index in [-0.39, 0.29) is 37.2 Å². The van der Waals surface area contributed by atoms with Gasteiger partial charge < -0.3 is 14.8 Å². The number of nitrogens with one attached hydrogen (secondary N) is 1. The summed E-state index contributed by atoms with van der Waals surface area (Å²) in [6.07, 6.45) is 1.67. The molecule has 1 heterocycles. The molecule has 0 aromatic carbocycles. The summed E-state index contributed by atoms with van der Waals surface area (Å²) in [4.78, 5) is 22.3. The van der Waals surface area contributed by atoms with E-state index >= 15 is 0 Å². The Morgan fingerprint density at radius 3 is 2.88 bits per heavy atom. The van der Waals surface area contributed by atoms with Crippen molar-refractivity contribution < 1.29 is 31.7 Å². The number of rotatable bonds is 7. The van der Waals surface area contributed by atoms with Crippen LogP contribution in [-0.4, -0.2) is 57.5 Å². The smallest absolute Gasteiger partial charge is 0.325 e. The summed E-state index contributed by atoms with van der Waals surface area (Å²) >= 11 is 0. The number of ether oxygens (including phenoxy) is 2. The van der Waals surface area contributed by atoms with Gasteiger partial charge in [-0.25, -0.2) is 0 Å². The predicted octanol–water partition coefficient (Wildman–Crippen LogP) is -0.256. The van der Waals surface area contributed by atoms with Crippen LogP contribution in [0.2, 0.25) is 0 Å². The molecule has 3 aliphatic rings. The third kappa shape index (κ3) is 2.84. The second kappa shape index (κ2) is 6.12. The van der Waals surface area contributed by atoms with Gasteiger partial charge in [0.25, 0.3) is 10.1 Å². The van der Waals surface area contributed by atoms with Gasteiger partial charge in [-0.1, -0.05) is 13.5 Å². The Kier molecular flexibility index (Phi) is 4.43. The molecule has 0 spiro atoms. The first-order valence-corrected chi connectivity index (χ1v) is 9.34. The van der Waals surface area contributed by atoms with E-state index in [0.29, 0.717) is 6.42 Å². The Morgan fingerprint density at radius 1 is 1.42 bits per heavy atom. The maximum atomic E-state index is 12.0. The van der Waals surface area contributed by atoms with Crippen molar-refractivity contribution >= 4 is 22.0 Å². The minimum atomic E-state index is -3.50. The van der Waals surface area contributed by atoms with Crippen LogP contribution in [0.25, 0.3) is 0 Å². The van der Waals surface area contributed by atoms with E-state index in [1.54, 1.807) is 0 Å². The average molecular weight is 359 g/mol. The molecule has 1 saturated heterocycles. The Hall–Kier alpha value is -1.45. The van der Waals surface area contributed by atoms with Crippen molar-refractivity contribution in [2.45, 2.75) is 37.2 Å². The molecule has 0 radical (unpaired) electrons. The van der Waals surface area contributed by atoms with Gasteiger partial charge in [0.1, 0.15) is 19.3 Å². The SMILES string of the molecule is C=CC(=O)NCC(=O)OCCOC1C2CC3C(C)(C2)C1OS3(=O)=O. The first kappa shape index (κ1) is 17.4. The fourth-order valence-electron chi connectivity index (χ4n) is 4.17. The fraction of sp³-hybridized carbons (Fsp3) is 0.733. The summed E-state index contributed by atoms with van der Waals surface area (Å²) in [6.45, 7) is 5.17. The lowest BCUT2D eigenvalue weighted by Gasteiger charge is -2.30. The van der Waals surface area contributed by atoms with Crippen LogP contribution in [0.4, 0.5) is 0 Å². The van der Waals surface area contributed by atoms with Crippen molar-refractivity contribution in [3.63, 3.8) is 0 Å². The van der Waals surface area contributed by atoms with E-state index in [1.165, 1.54) is 0 Å². The van der Waals surface area contributed by atoms with Gasteiger partial charge in [-0.15, -0.1) is 0 Å². The fourth-order valence-corrected chi connectivity index (χ4v) is 6.29. The van der Waals surface area contributed by atoms with Gasteiger partial charge >= 0.3 is 5.97 Å². The predicted molar refractivity (Wildman–Crippen MR) is 82.3 cm³/mol. The number of esters is 1. The minimum Gasteiger partial charge on any atom is -0.462 e. The van der Waals surface area contributed by atoms with E-state index in [9.17, 15) is 18.0 Å². The second-order valence-corrected chi connectivity index (χ2v) is 8.43. The third-order valence-electron chi connectivity index (χ3n) is 5.20. The highest BCUT2D eigenvalue weighted by molar-refractivity contribution is 7.87. The molecular formula is C15H21NO7S. The lowest BCUT2D eigenvalue weighted by Crippen LogP contribution is -2.42. The number of hydrogen-bond acceptors (Lipinski definition) is 7. The van der Waals surface area contributed by atoms with Crippen molar-refractivity contribution in [3.05, 3.63) is 12.7 Å². The molecule has 1 N–H and O–H groups in total. The molecule has 24 heavy (non-hydrogen) atoms. The first-order chi connectivity index (χ1) is 11.3. The highest BCUT2D eigenvalue weighted by Crippen LogP contribution is 2.62. The van der Waals surface area contributed by atoms with Crippen LogP contribution >= 0.6 is 0 Å². The van der Waals surface area contributed by atoms with Gasteiger partial charge in [-0.2, -0.15) is 8.42 Å². The molecule has 8 nitrogen and oxygen atoms in total. The highest BCUT2D eigenvalue weighted by atomic mass is 32.2. The second-order valence-electron chi connectivity index (χ2n) is 6.68. The lowest BCUT2D eigenvalue weighted by molar-refractivity contribution is -0.146. The maximum Gasteiger partial charge on any atom is 0.325 e. The van der Waals surface area contributed by atoms with Gasteiger partial charge in [-0.3, -0.25) is 13.8 Å². The van der Waals surface area contributed by atoms with Gasteiger partial charge in [0.15, 0.2) is 0 Å². The van der Waals surface area contributed by atoms with Crippen LogP contribution in [0.3, 0.4) is 0 Å². The molecule has 9 heteroatoms. The van der Waals surface area contributed by atoms with Crippen LogP contribution in [0.5, 0.6) is 0 Å². The Bertz CT molecular complexity index is 661. The summed E-state index contributed by atoms with van der Waals surface area (Å²) in [7, 11) is -3.50. The van der Waals surface area contributed by atoms with Crippen LogP contribution < -0.4 is 5.32 Å².